The molecular weight excluding hydrogens is 553 g/mol. The number of anilines is 2. The van der Waals surface area contributed by atoms with Gasteiger partial charge in [0.1, 0.15) is 4.21 Å². The number of carboxylic acids is 2. The van der Waals surface area contributed by atoms with Crippen LogP contribution in [0.25, 0.3) is 0 Å². The summed E-state index contributed by atoms with van der Waals surface area (Å²) in [6.07, 6.45) is -3.12. The number of rotatable bonds is 9. The third-order valence-electron chi connectivity index (χ3n) is 4.05. The molecule has 0 saturated carbocycles. The number of unbranched alkanes of at least 4 members (excludes halogenated alkanes) is 1. The lowest BCUT2D eigenvalue weighted by Gasteiger charge is -2.26. The minimum absolute atomic E-state index is 0.0327. The number of carbonyl (C=O) groups is 2. The maximum atomic E-state index is 12.7. The second-order valence-corrected chi connectivity index (χ2v) is 10.8. The molecule has 0 aliphatic carbocycles. The summed E-state index contributed by atoms with van der Waals surface area (Å²) in [5.74, 6) is -3.86. The van der Waals surface area contributed by atoms with Crippen LogP contribution in [-0.4, -0.2) is 49.8 Å². The van der Waals surface area contributed by atoms with Crippen molar-refractivity contribution in [3.05, 3.63) is 39.7 Å². The Hall–Kier alpha value is -2.32. The second-order valence-electron chi connectivity index (χ2n) is 6.44. The van der Waals surface area contributed by atoms with Gasteiger partial charge in [0.25, 0.3) is 10.0 Å². The first kappa shape index (κ1) is 28.7. The fourth-order valence-electron chi connectivity index (χ4n) is 2.46. The van der Waals surface area contributed by atoms with E-state index in [4.69, 9.17) is 9.90 Å². The van der Waals surface area contributed by atoms with E-state index in [1.165, 1.54) is 18.2 Å². The van der Waals surface area contributed by atoms with Gasteiger partial charge in [-0.3, -0.25) is 4.72 Å². The fourth-order valence-corrected chi connectivity index (χ4v) is 5.54. The number of carboxylic acid groups (broad SMARTS) is 2. The maximum absolute atomic E-state index is 12.7. The van der Waals surface area contributed by atoms with Crippen LogP contribution in [0.5, 0.6) is 0 Å². The Labute approximate surface area is 201 Å². The van der Waals surface area contributed by atoms with Gasteiger partial charge < -0.3 is 15.1 Å². The largest absolute Gasteiger partial charge is 0.490 e. The molecule has 1 aromatic heterocycles. The highest BCUT2D eigenvalue weighted by atomic mass is 79.9. The van der Waals surface area contributed by atoms with E-state index in [2.05, 4.69) is 27.6 Å². The highest BCUT2D eigenvalue weighted by Crippen LogP contribution is 2.32. The summed E-state index contributed by atoms with van der Waals surface area (Å²) in [7, 11) is -3.80. The monoisotopic (exact) mass is 574 g/mol. The SMILES string of the molecule is CCCCN(CC)c1ccc(C(=O)O)cc1NS(=O)(=O)c1ccc(Br)s1.O=C(O)C(F)(F)F. The zero-order valence-corrected chi connectivity index (χ0v) is 20.7. The molecule has 2 rings (SSSR count). The Balaban J connectivity index is 0.000000675. The van der Waals surface area contributed by atoms with Crippen molar-refractivity contribution < 1.29 is 41.4 Å². The molecule has 1 aromatic carbocycles. The van der Waals surface area contributed by atoms with Crippen molar-refractivity contribution in [3.63, 3.8) is 0 Å². The number of nitrogens with zero attached hydrogens (tertiary/aromatic N) is 1. The molecule has 1 heterocycles. The summed E-state index contributed by atoms with van der Waals surface area (Å²) in [5.41, 5.74) is 0.975. The minimum atomic E-state index is -5.08. The lowest BCUT2D eigenvalue weighted by atomic mass is 10.1. The summed E-state index contributed by atoms with van der Waals surface area (Å²) >= 11 is 4.35. The molecule has 0 saturated heterocycles. The molecule has 33 heavy (non-hydrogen) atoms. The van der Waals surface area contributed by atoms with Crippen molar-refractivity contribution in [3.8, 4) is 0 Å². The highest BCUT2D eigenvalue weighted by molar-refractivity contribution is 9.11. The van der Waals surface area contributed by atoms with Gasteiger partial charge in [0, 0.05) is 13.1 Å². The third-order valence-corrected chi connectivity index (χ3v) is 7.53. The van der Waals surface area contributed by atoms with Gasteiger partial charge >= 0.3 is 18.1 Å². The Bertz CT molecular complexity index is 1070. The molecule has 14 heteroatoms. The zero-order valence-electron chi connectivity index (χ0n) is 17.5. The van der Waals surface area contributed by atoms with Gasteiger partial charge in [-0.1, -0.05) is 13.3 Å². The molecule has 0 unspecified atom stereocenters. The molecule has 0 aliphatic rings. The number of aliphatic carboxylic acids is 1. The van der Waals surface area contributed by atoms with Crippen molar-refractivity contribution in [1.82, 2.24) is 0 Å². The minimum Gasteiger partial charge on any atom is -0.478 e. The highest BCUT2D eigenvalue weighted by Gasteiger charge is 2.38. The van der Waals surface area contributed by atoms with Crippen molar-refractivity contribution in [1.29, 1.82) is 0 Å². The van der Waals surface area contributed by atoms with Crippen LogP contribution < -0.4 is 9.62 Å². The number of benzene rings is 1. The third kappa shape index (κ3) is 8.85. The molecule has 3 N–H and O–H groups in total. The predicted octanol–water partition coefficient (Wildman–Crippen LogP) is 5.27. The number of nitrogens with one attached hydrogen (secondary N) is 1. The van der Waals surface area contributed by atoms with Crippen LogP contribution in [0.15, 0.2) is 38.3 Å². The van der Waals surface area contributed by atoms with Gasteiger partial charge in [-0.25, -0.2) is 18.0 Å². The van der Waals surface area contributed by atoms with Crippen molar-refractivity contribution in [2.45, 2.75) is 37.1 Å². The first-order valence-corrected chi connectivity index (χ1v) is 12.5. The normalized spacial score (nSPS) is 11.3. The Kier molecular flexibility index (Phi) is 10.6. The number of hydrogen-bond acceptors (Lipinski definition) is 6. The molecular formula is C19H22BrF3N2O6S2. The van der Waals surface area contributed by atoms with E-state index in [1.54, 1.807) is 12.1 Å². The summed E-state index contributed by atoms with van der Waals surface area (Å²) in [4.78, 5) is 22.3. The first-order chi connectivity index (χ1) is 15.2. The molecule has 8 nitrogen and oxygen atoms in total. The number of halogens is 4. The number of alkyl halides is 3. The molecule has 0 fully saturated rings. The van der Waals surface area contributed by atoms with E-state index in [1.807, 2.05) is 11.8 Å². The van der Waals surface area contributed by atoms with E-state index >= 15 is 0 Å². The smallest absolute Gasteiger partial charge is 0.478 e. The van der Waals surface area contributed by atoms with E-state index in [9.17, 15) is 31.5 Å². The number of aromatic carboxylic acids is 1. The first-order valence-electron chi connectivity index (χ1n) is 9.43. The Morgan fingerprint density at radius 1 is 1.15 bits per heavy atom. The molecule has 0 atom stereocenters. The Morgan fingerprint density at radius 2 is 1.76 bits per heavy atom. The fraction of sp³-hybridized carbons (Fsp3) is 0.368. The average molecular weight is 575 g/mol. The molecule has 0 amide bonds. The van der Waals surface area contributed by atoms with Gasteiger partial charge in [-0.05, 0) is 59.6 Å². The summed E-state index contributed by atoms with van der Waals surface area (Å²) < 4.78 is 60.5. The van der Waals surface area contributed by atoms with E-state index in [-0.39, 0.29) is 15.5 Å². The lowest BCUT2D eigenvalue weighted by Crippen LogP contribution is -2.26. The van der Waals surface area contributed by atoms with Gasteiger partial charge in [-0.15, -0.1) is 11.3 Å². The zero-order chi connectivity index (χ0) is 25.4. The summed E-state index contributed by atoms with van der Waals surface area (Å²) in [5, 5.41) is 16.4. The van der Waals surface area contributed by atoms with Crippen molar-refractivity contribution in [2.75, 3.05) is 22.7 Å². The van der Waals surface area contributed by atoms with E-state index in [0.29, 0.717) is 16.0 Å². The van der Waals surface area contributed by atoms with Crippen molar-refractivity contribution in [2.24, 2.45) is 0 Å². The van der Waals surface area contributed by atoms with Crippen LogP contribution in [-0.2, 0) is 14.8 Å². The van der Waals surface area contributed by atoms with E-state index < -0.39 is 28.1 Å². The van der Waals surface area contributed by atoms with Gasteiger partial charge in [0.05, 0.1) is 20.7 Å². The van der Waals surface area contributed by atoms with Crippen LogP contribution in [0.1, 0.15) is 37.0 Å². The average Bonchev–Trinajstić information content (AvgIpc) is 3.16. The molecule has 0 spiro atoms. The molecule has 184 valence electrons. The predicted molar refractivity (Wildman–Crippen MR) is 123 cm³/mol. The van der Waals surface area contributed by atoms with E-state index in [0.717, 1.165) is 30.7 Å². The number of sulfonamides is 1. The maximum Gasteiger partial charge on any atom is 0.490 e. The Morgan fingerprint density at radius 3 is 2.18 bits per heavy atom. The quantitative estimate of drug-likeness (QED) is 0.372. The second kappa shape index (κ2) is 12.2. The van der Waals surface area contributed by atoms with Gasteiger partial charge in [-0.2, -0.15) is 13.2 Å². The van der Waals surface area contributed by atoms with Crippen LogP contribution in [0.2, 0.25) is 0 Å². The standard InChI is InChI=1S/C17H21BrN2O4S2.C2HF3O2/c1-3-5-10-20(4-2)14-7-6-12(17(21)22)11-13(14)19-26(23,24)16-9-8-15(18)25-16;3-2(4,5)1(6)7/h6-9,11,19H,3-5,10H2,1-2H3,(H,21,22);(H,6,7). The summed E-state index contributed by atoms with van der Waals surface area (Å²) in [6, 6.07) is 7.68. The van der Waals surface area contributed by atoms with Crippen LogP contribution in [0.3, 0.4) is 0 Å². The van der Waals surface area contributed by atoms with Crippen LogP contribution in [0.4, 0.5) is 24.5 Å². The molecule has 0 radical (unpaired) electrons. The number of thiophene rings is 1. The molecule has 0 bridgehead atoms. The summed E-state index contributed by atoms with van der Waals surface area (Å²) in [6.45, 7) is 5.51. The molecule has 0 aliphatic heterocycles. The van der Waals surface area contributed by atoms with Crippen LogP contribution >= 0.6 is 27.3 Å². The topological polar surface area (TPSA) is 124 Å². The lowest BCUT2D eigenvalue weighted by molar-refractivity contribution is -0.192. The van der Waals surface area contributed by atoms with Crippen molar-refractivity contribution >= 4 is 60.6 Å². The van der Waals surface area contributed by atoms with Crippen LogP contribution in [0, 0.1) is 0 Å². The molecule has 2 aromatic rings. The van der Waals surface area contributed by atoms with Gasteiger partial charge in [0.15, 0.2) is 0 Å². The number of hydrogen-bond donors (Lipinski definition) is 3. The van der Waals surface area contributed by atoms with Gasteiger partial charge in [0.2, 0.25) is 0 Å².